The van der Waals surface area contributed by atoms with Crippen LogP contribution in [0.1, 0.15) is 72.5 Å². The Bertz CT molecular complexity index is 1090. The number of carbonyl (C=O) groups excluding carboxylic acids is 1. The predicted molar refractivity (Wildman–Crippen MR) is 137 cm³/mol. The molecule has 174 valence electrons. The van der Waals surface area contributed by atoms with E-state index in [0.29, 0.717) is 23.5 Å². The second-order valence-electron chi connectivity index (χ2n) is 8.17. The number of nitriles is 1. The molecule has 0 saturated carbocycles. The molecule has 0 heterocycles. The third-order valence-electron chi connectivity index (χ3n) is 5.46. The van der Waals surface area contributed by atoms with Gasteiger partial charge >= 0.3 is 5.97 Å². The molecular weight excluding hydrogens is 422 g/mol. The van der Waals surface area contributed by atoms with Crippen molar-refractivity contribution in [3.63, 3.8) is 0 Å². The lowest BCUT2D eigenvalue weighted by molar-refractivity contribution is 0.0734. The van der Waals surface area contributed by atoms with Crippen molar-refractivity contribution in [2.75, 3.05) is 6.61 Å². The quantitative estimate of drug-likeness (QED) is 0.122. The summed E-state index contributed by atoms with van der Waals surface area (Å²) in [5.41, 5.74) is 3.11. The van der Waals surface area contributed by atoms with Gasteiger partial charge in [0.1, 0.15) is 11.5 Å². The van der Waals surface area contributed by atoms with E-state index in [1.165, 1.54) is 32.1 Å². The Hall–Kier alpha value is -3.84. The second-order valence-corrected chi connectivity index (χ2v) is 8.17. The van der Waals surface area contributed by atoms with Gasteiger partial charge in [0.2, 0.25) is 0 Å². The van der Waals surface area contributed by atoms with Crippen molar-refractivity contribution in [2.45, 2.75) is 45.4 Å². The maximum absolute atomic E-state index is 12.5. The van der Waals surface area contributed by atoms with Gasteiger partial charge in [0, 0.05) is 0 Å². The highest BCUT2D eigenvalue weighted by Gasteiger charge is 2.09. The Morgan fingerprint density at radius 3 is 1.94 bits per heavy atom. The molecule has 0 N–H and O–H groups in total. The Balaban J connectivity index is 1.44. The maximum Gasteiger partial charge on any atom is 0.343 e. The van der Waals surface area contributed by atoms with Gasteiger partial charge in [0.15, 0.2) is 0 Å². The summed E-state index contributed by atoms with van der Waals surface area (Å²) < 4.78 is 11.3. The lowest BCUT2D eigenvalue weighted by atomic mass is 10.1. The Morgan fingerprint density at radius 2 is 1.32 bits per heavy atom. The minimum Gasteiger partial charge on any atom is -0.494 e. The van der Waals surface area contributed by atoms with Crippen molar-refractivity contribution in [2.24, 2.45) is 0 Å². The first-order chi connectivity index (χ1) is 16.7. The highest BCUT2D eigenvalue weighted by molar-refractivity contribution is 5.91. The first kappa shape index (κ1) is 24.8. The summed E-state index contributed by atoms with van der Waals surface area (Å²) in [7, 11) is 0. The van der Waals surface area contributed by atoms with Crippen molar-refractivity contribution in [3.05, 3.63) is 95.1 Å². The number of rotatable bonds is 12. The van der Waals surface area contributed by atoms with E-state index in [-0.39, 0.29) is 0 Å². The number of hydrogen-bond donors (Lipinski definition) is 0. The van der Waals surface area contributed by atoms with Gasteiger partial charge in [-0.1, -0.05) is 75.4 Å². The minimum absolute atomic E-state index is 0.400. The van der Waals surface area contributed by atoms with Crippen LogP contribution in [0.15, 0.2) is 72.8 Å². The lowest BCUT2D eigenvalue weighted by Crippen LogP contribution is -2.08. The first-order valence-corrected chi connectivity index (χ1v) is 11.9. The van der Waals surface area contributed by atoms with E-state index < -0.39 is 5.97 Å². The predicted octanol–water partition coefficient (Wildman–Crippen LogP) is 7.69. The van der Waals surface area contributed by atoms with Crippen molar-refractivity contribution < 1.29 is 14.3 Å². The van der Waals surface area contributed by atoms with Crippen LogP contribution in [0.4, 0.5) is 0 Å². The van der Waals surface area contributed by atoms with Gasteiger partial charge in [-0.15, -0.1) is 0 Å². The highest BCUT2D eigenvalue weighted by Crippen LogP contribution is 2.18. The summed E-state index contributed by atoms with van der Waals surface area (Å²) in [5.74, 6) is 0.857. The molecule has 0 bridgehead atoms. The third kappa shape index (κ3) is 8.26. The number of carbonyl (C=O) groups is 1. The minimum atomic E-state index is -0.400. The van der Waals surface area contributed by atoms with Gasteiger partial charge in [0.05, 0.1) is 23.8 Å². The van der Waals surface area contributed by atoms with Crippen molar-refractivity contribution in [1.82, 2.24) is 0 Å². The molecule has 0 amide bonds. The Labute approximate surface area is 202 Å². The van der Waals surface area contributed by atoms with E-state index in [1.807, 2.05) is 48.6 Å². The van der Waals surface area contributed by atoms with Crippen LogP contribution in [-0.2, 0) is 0 Å². The largest absolute Gasteiger partial charge is 0.494 e. The van der Waals surface area contributed by atoms with Gasteiger partial charge in [-0.2, -0.15) is 5.26 Å². The molecule has 0 radical (unpaired) electrons. The van der Waals surface area contributed by atoms with E-state index >= 15 is 0 Å². The zero-order valence-electron chi connectivity index (χ0n) is 19.7. The van der Waals surface area contributed by atoms with Crippen LogP contribution in [-0.4, -0.2) is 12.6 Å². The topological polar surface area (TPSA) is 59.3 Å². The number of nitrogens with zero attached hydrogens (tertiary/aromatic N) is 1. The molecule has 3 rings (SSSR count). The van der Waals surface area contributed by atoms with Crippen LogP contribution in [0.3, 0.4) is 0 Å². The fraction of sp³-hybridized carbons (Fsp3) is 0.267. The number of benzene rings is 3. The normalized spacial score (nSPS) is 10.7. The molecule has 4 heteroatoms. The lowest BCUT2D eigenvalue weighted by Gasteiger charge is -2.08. The number of esters is 1. The summed E-state index contributed by atoms with van der Waals surface area (Å²) >= 11 is 0. The monoisotopic (exact) mass is 453 g/mol. The average Bonchev–Trinajstić information content (AvgIpc) is 2.88. The van der Waals surface area contributed by atoms with Crippen molar-refractivity contribution >= 4 is 18.1 Å². The van der Waals surface area contributed by atoms with Gasteiger partial charge in [-0.3, -0.25) is 0 Å². The fourth-order valence-corrected chi connectivity index (χ4v) is 3.43. The molecule has 3 aromatic carbocycles. The second kappa shape index (κ2) is 13.6. The van der Waals surface area contributed by atoms with Crippen LogP contribution in [0, 0.1) is 11.3 Å². The Morgan fingerprint density at radius 1 is 0.765 bits per heavy atom. The van der Waals surface area contributed by atoms with Gasteiger partial charge < -0.3 is 9.47 Å². The van der Waals surface area contributed by atoms with Crippen molar-refractivity contribution in [3.8, 4) is 17.6 Å². The summed E-state index contributed by atoms with van der Waals surface area (Å²) in [5, 5.41) is 8.87. The van der Waals surface area contributed by atoms with Gasteiger partial charge in [0.25, 0.3) is 0 Å². The molecule has 0 aliphatic carbocycles. The van der Waals surface area contributed by atoms with E-state index in [1.54, 1.807) is 36.4 Å². The molecule has 0 aliphatic heterocycles. The number of ether oxygens (including phenoxy) is 2. The number of hydrogen-bond acceptors (Lipinski definition) is 4. The smallest absolute Gasteiger partial charge is 0.343 e. The highest BCUT2D eigenvalue weighted by atomic mass is 16.5. The molecule has 0 atom stereocenters. The van der Waals surface area contributed by atoms with Crippen molar-refractivity contribution in [1.29, 1.82) is 5.26 Å². The summed E-state index contributed by atoms with van der Waals surface area (Å²) in [6.07, 6.45) is 11.3. The molecule has 0 aromatic heterocycles. The SMILES string of the molecule is CCCCCCCCOc1ccc(C(=O)Oc2ccc(/C=C/c3ccc(C#N)cc3)cc2)cc1. The molecule has 0 unspecified atom stereocenters. The van der Waals surface area contributed by atoms with Gasteiger partial charge in [-0.05, 0) is 66.1 Å². The summed E-state index contributed by atoms with van der Waals surface area (Å²) in [6, 6.07) is 23.9. The summed E-state index contributed by atoms with van der Waals surface area (Å²) in [4.78, 5) is 12.5. The van der Waals surface area contributed by atoms with Crippen LogP contribution in [0.2, 0.25) is 0 Å². The molecule has 0 fully saturated rings. The van der Waals surface area contributed by atoms with E-state index in [4.69, 9.17) is 14.7 Å². The van der Waals surface area contributed by atoms with E-state index in [0.717, 1.165) is 23.3 Å². The van der Waals surface area contributed by atoms with Crippen LogP contribution < -0.4 is 9.47 Å². The van der Waals surface area contributed by atoms with Gasteiger partial charge in [-0.25, -0.2) is 4.79 Å². The average molecular weight is 454 g/mol. The molecule has 3 aromatic rings. The van der Waals surface area contributed by atoms with Crippen LogP contribution in [0.25, 0.3) is 12.2 Å². The zero-order valence-corrected chi connectivity index (χ0v) is 19.7. The molecular formula is C30H31NO3. The van der Waals surface area contributed by atoms with E-state index in [9.17, 15) is 4.79 Å². The molecule has 4 nitrogen and oxygen atoms in total. The Kier molecular flexibility index (Phi) is 9.95. The molecule has 0 saturated heterocycles. The van der Waals surface area contributed by atoms with Crippen LogP contribution in [0.5, 0.6) is 11.5 Å². The molecule has 0 aliphatic rings. The first-order valence-electron chi connectivity index (χ1n) is 11.9. The number of unbranched alkanes of at least 4 members (excludes halogenated alkanes) is 5. The summed E-state index contributed by atoms with van der Waals surface area (Å²) in [6.45, 7) is 2.92. The maximum atomic E-state index is 12.5. The fourth-order valence-electron chi connectivity index (χ4n) is 3.43. The molecule has 34 heavy (non-hydrogen) atoms. The van der Waals surface area contributed by atoms with E-state index in [2.05, 4.69) is 13.0 Å². The standard InChI is InChI=1S/C30H31NO3/c1-2-3-4-5-6-7-22-33-28-20-16-27(17-21-28)30(32)34-29-18-14-25(15-19-29)9-8-24-10-12-26(23-31)13-11-24/h8-21H,2-7,22H2,1H3/b9-8+. The zero-order chi connectivity index (χ0) is 24.0. The third-order valence-corrected chi connectivity index (χ3v) is 5.46. The molecule has 0 spiro atoms. The van der Waals surface area contributed by atoms with Crippen LogP contribution >= 0.6 is 0 Å².